The predicted molar refractivity (Wildman–Crippen MR) is 121 cm³/mol. The molecule has 0 atom stereocenters. The van der Waals surface area contributed by atoms with E-state index in [-0.39, 0.29) is 18.4 Å². The number of rotatable bonds is 5. The Morgan fingerprint density at radius 2 is 1.75 bits per heavy atom. The van der Waals surface area contributed by atoms with Crippen LogP contribution in [-0.4, -0.2) is 34.9 Å². The van der Waals surface area contributed by atoms with Crippen LogP contribution >= 0.6 is 0 Å². The number of hydrogen-bond donors (Lipinski definition) is 1. The number of benzene rings is 2. The van der Waals surface area contributed by atoms with Crippen LogP contribution in [0, 0.1) is 0 Å². The summed E-state index contributed by atoms with van der Waals surface area (Å²) in [4.78, 5) is 35.9. The van der Waals surface area contributed by atoms with Crippen LogP contribution in [-0.2, 0) is 11.2 Å². The van der Waals surface area contributed by atoms with Crippen LogP contribution in [0.1, 0.15) is 15.9 Å². The Labute approximate surface area is 184 Å². The Kier molecular flexibility index (Phi) is 5.21. The second-order valence-corrected chi connectivity index (χ2v) is 7.47. The minimum Gasteiger partial charge on any atom is -0.436 e. The van der Waals surface area contributed by atoms with Gasteiger partial charge in [-0.2, -0.15) is 0 Å². The van der Waals surface area contributed by atoms with Gasteiger partial charge >= 0.3 is 0 Å². The molecule has 158 valence electrons. The van der Waals surface area contributed by atoms with Crippen molar-refractivity contribution in [2.45, 2.75) is 6.42 Å². The van der Waals surface area contributed by atoms with Crippen molar-refractivity contribution < 1.29 is 14.3 Å². The van der Waals surface area contributed by atoms with E-state index in [1.165, 1.54) is 4.90 Å². The van der Waals surface area contributed by atoms with E-state index in [9.17, 15) is 9.59 Å². The Balaban J connectivity index is 1.41. The third-order valence-corrected chi connectivity index (χ3v) is 5.36. The number of anilines is 1. The minimum atomic E-state index is -0.304. The SMILES string of the molecule is O=C(CN1C(=O)c2cc3ccccc3cc2Oc2ncccc21)NCCc1ccncc1. The van der Waals surface area contributed by atoms with Crippen LogP contribution in [0.5, 0.6) is 11.6 Å². The van der Waals surface area contributed by atoms with E-state index < -0.39 is 0 Å². The summed E-state index contributed by atoms with van der Waals surface area (Å²) in [5, 5.41) is 4.77. The lowest BCUT2D eigenvalue weighted by Crippen LogP contribution is -2.41. The molecule has 0 aliphatic carbocycles. The van der Waals surface area contributed by atoms with E-state index in [4.69, 9.17) is 4.74 Å². The quantitative estimate of drug-likeness (QED) is 0.528. The lowest BCUT2D eigenvalue weighted by Gasteiger charge is -2.21. The normalized spacial score (nSPS) is 12.5. The summed E-state index contributed by atoms with van der Waals surface area (Å²) >= 11 is 0. The number of aromatic nitrogens is 2. The number of amides is 2. The molecule has 0 saturated heterocycles. The molecule has 0 bridgehead atoms. The Bertz CT molecular complexity index is 1310. The molecule has 2 aromatic heterocycles. The molecule has 3 heterocycles. The molecule has 7 nitrogen and oxygen atoms in total. The molecular formula is C25H20N4O3. The van der Waals surface area contributed by atoms with E-state index in [0.29, 0.717) is 35.8 Å². The van der Waals surface area contributed by atoms with Gasteiger partial charge in [0.05, 0.1) is 5.56 Å². The zero-order valence-electron chi connectivity index (χ0n) is 17.2. The fourth-order valence-electron chi connectivity index (χ4n) is 3.75. The van der Waals surface area contributed by atoms with Crippen LogP contribution in [0.25, 0.3) is 10.8 Å². The molecule has 0 unspecified atom stereocenters. The third-order valence-electron chi connectivity index (χ3n) is 5.36. The Morgan fingerprint density at radius 1 is 0.969 bits per heavy atom. The first kappa shape index (κ1) is 19.7. The van der Waals surface area contributed by atoms with Gasteiger partial charge in [0.1, 0.15) is 18.0 Å². The summed E-state index contributed by atoms with van der Waals surface area (Å²) in [5.41, 5.74) is 1.93. The molecule has 1 aliphatic rings. The zero-order chi connectivity index (χ0) is 21.9. The molecule has 32 heavy (non-hydrogen) atoms. The number of carbonyl (C=O) groups excluding carboxylic acids is 2. The first-order valence-corrected chi connectivity index (χ1v) is 10.3. The molecule has 1 aliphatic heterocycles. The monoisotopic (exact) mass is 424 g/mol. The van der Waals surface area contributed by atoms with Crippen LogP contribution < -0.4 is 15.0 Å². The molecule has 1 N–H and O–H groups in total. The van der Waals surface area contributed by atoms with Crippen LogP contribution in [0.3, 0.4) is 0 Å². The number of hydrogen-bond acceptors (Lipinski definition) is 5. The van der Waals surface area contributed by atoms with Gasteiger partial charge in [0, 0.05) is 25.1 Å². The van der Waals surface area contributed by atoms with Gasteiger partial charge in [-0.25, -0.2) is 4.98 Å². The van der Waals surface area contributed by atoms with Gasteiger partial charge in [0.2, 0.25) is 11.8 Å². The van der Waals surface area contributed by atoms with Gasteiger partial charge in [-0.3, -0.25) is 19.5 Å². The largest absolute Gasteiger partial charge is 0.436 e. The van der Waals surface area contributed by atoms with E-state index in [2.05, 4.69) is 15.3 Å². The molecule has 0 saturated carbocycles. The fraction of sp³-hybridized carbons (Fsp3) is 0.120. The lowest BCUT2D eigenvalue weighted by molar-refractivity contribution is -0.119. The lowest BCUT2D eigenvalue weighted by atomic mass is 10.0. The van der Waals surface area contributed by atoms with Crippen molar-refractivity contribution in [2.24, 2.45) is 0 Å². The van der Waals surface area contributed by atoms with E-state index in [0.717, 1.165) is 16.3 Å². The standard InChI is InChI=1S/C25H20N4O3/c30-23(27-13-9-17-7-11-26-12-8-17)16-29-21-6-3-10-28-24(21)32-22-15-19-5-2-1-4-18(19)14-20(22)25(29)31/h1-8,10-12,14-15H,9,13,16H2,(H,27,30). The molecule has 2 amide bonds. The molecular weight excluding hydrogens is 404 g/mol. The Hall–Kier alpha value is -4.26. The van der Waals surface area contributed by atoms with Crippen LogP contribution in [0.15, 0.2) is 79.3 Å². The molecule has 0 spiro atoms. The first-order chi connectivity index (χ1) is 15.7. The van der Waals surface area contributed by atoms with Crippen molar-refractivity contribution in [2.75, 3.05) is 18.0 Å². The maximum atomic E-state index is 13.5. The fourth-order valence-corrected chi connectivity index (χ4v) is 3.75. The summed E-state index contributed by atoms with van der Waals surface area (Å²) in [6, 6.07) is 18.6. The van der Waals surface area contributed by atoms with Gasteiger partial charge in [0.25, 0.3) is 5.91 Å². The summed E-state index contributed by atoms with van der Waals surface area (Å²) in [5.74, 6) is 0.155. The van der Waals surface area contributed by atoms with E-state index in [1.807, 2.05) is 42.5 Å². The number of ether oxygens (including phenoxy) is 1. The predicted octanol–water partition coefficient (Wildman–Crippen LogP) is 3.74. The average molecular weight is 424 g/mol. The number of nitrogens with one attached hydrogen (secondary N) is 1. The highest BCUT2D eigenvalue weighted by Crippen LogP contribution is 2.38. The summed E-state index contributed by atoms with van der Waals surface area (Å²) < 4.78 is 6.02. The highest BCUT2D eigenvalue weighted by atomic mass is 16.5. The second kappa shape index (κ2) is 8.47. The number of pyridine rings is 2. The highest BCUT2D eigenvalue weighted by molar-refractivity contribution is 6.13. The highest BCUT2D eigenvalue weighted by Gasteiger charge is 2.30. The molecule has 7 heteroatoms. The van der Waals surface area contributed by atoms with E-state index >= 15 is 0 Å². The van der Waals surface area contributed by atoms with Crippen molar-refractivity contribution in [3.8, 4) is 11.6 Å². The Morgan fingerprint density at radius 3 is 2.56 bits per heavy atom. The summed E-state index contributed by atoms with van der Waals surface area (Å²) in [6.07, 6.45) is 5.72. The van der Waals surface area contributed by atoms with Gasteiger partial charge in [0.15, 0.2) is 0 Å². The molecule has 0 fully saturated rings. The van der Waals surface area contributed by atoms with Crippen LogP contribution in [0.4, 0.5) is 5.69 Å². The molecule has 5 rings (SSSR count). The van der Waals surface area contributed by atoms with Gasteiger partial charge < -0.3 is 10.1 Å². The van der Waals surface area contributed by atoms with Gasteiger partial charge in [-0.1, -0.05) is 24.3 Å². The van der Waals surface area contributed by atoms with Gasteiger partial charge in [-0.15, -0.1) is 0 Å². The second-order valence-electron chi connectivity index (χ2n) is 7.47. The minimum absolute atomic E-state index is 0.135. The summed E-state index contributed by atoms with van der Waals surface area (Å²) in [7, 11) is 0. The number of carbonyl (C=O) groups is 2. The van der Waals surface area contributed by atoms with Crippen molar-refractivity contribution in [1.29, 1.82) is 0 Å². The maximum Gasteiger partial charge on any atom is 0.262 e. The molecule has 4 aromatic rings. The zero-order valence-corrected chi connectivity index (χ0v) is 17.2. The van der Waals surface area contributed by atoms with Crippen LogP contribution in [0.2, 0.25) is 0 Å². The molecule has 0 radical (unpaired) electrons. The maximum absolute atomic E-state index is 13.5. The summed E-state index contributed by atoms with van der Waals surface area (Å²) in [6.45, 7) is 0.325. The van der Waals surface area contributed by atoms with Crippen molar-refractivity contribution in [1.82, 2.24) is 15.3 Å². The van der Waals surface area contributed by atoms with E-state index in [1.54, 1.807) is 36.8 Å². The molecule has 2 aromatic carbocycles. The topological polar surface area (TPSA) is 84.4 Å². The van der Waals surface area contributed by atoms with Crippen molar-refractivity contribution in [3.05, 3.63) is 90.4 Å². The third kappa shape index (κ3) is 3.88. The average Bonchev–Trinajstić information content (AvgIpc) is 2.93. The first-order valence-electron chi connectivity index (χ1n) is 10.3. The smallest absolute Gasteiger partial charge is 0.262 e. The van der Waals surface area contributed by atoms with Crippen molar-refractivity contribution in [3.63, 3.8) is 0 Å². The van der Waals surface area contributed by atoms with Gasteiger partial charge in [-0.05, 0) is 59.2 Å². The van der Waals surface area contributed by atoms with Crippen molar-refractivity contribution >= 4 is 28.3 Å². The number of nitrogens with zero attached hydrogens (tertiary/aromatic N) is 3. The number of fused-ring (bicyclic) bond motifs is 3.